The fourth-order valence-corrected chi connectivity index (χ4v) is 3.12. The lowest BCUT2D eigenvalue weighted by Crippen LogP contribution is -2.57. The van der Waals surface area contributed by atoms with E-state index in [-0.39, 0.29) is 12.5 Å². The molecule has 1 aliphatic heterocycles. The van der Waals surface area contributed by atoms with Crippen molar-refractivity contribution in [3.8, 4) is 0 Å². The Hall–Kier alpha value is -2.90. The van der Waals surface area contributed by atoms with Crippen LogP contribution in [-0.4, -0.2) is 61.2 Å². The van der Waals surface area contributed by atoms with E-state index in [1.165, 1.54) is 0 Å². The largest absolute Gasteiger partial charge is 0.445 e. The SMILES string of the molecule is CN1CCN(NC(=O)[C@H](Cc2ccccc2)NC(=O)OCc2ccccc2)CC1. The summed E-state index contributed by atoms with van der Waals surface area (Å²) in [7, 11) is 2.06. The van der Waals surface area contributed by atoms with E-state index >= 15 is 0 Å². The second kappa shape index (κ2) is 10.6. The maximum Gasteiger partial charge on any atom is 0.408 e. The molecule has 2 aromatic rings. The summed E-state index contributed by atoms with van der Waals surface area (Å²) < 4.78 is 5.30. The van der Waals surface area contributed by atoms with Crippen molar-refractivity contribution < 1.29 is 14.3 Å². The Balaban J connectivity index is 1.59. The molecule has 2 amide bonds. The van der Waals surface area contributed by atoms with Crippen molar-refractivity contribution in [2.45, 2.75) is 19.1 Å². The van der Waals surface area contributed by atoms with Crippen molar-refractivity contribution in [2.24, 2.45) is 0 Å². The number of hydrogen-bond acceptors (Lipinski definition) is 5. The Bertz CT molecular complexity index is 777. The molecule has 2 N–H and O–H groups in total. The summed E-state index contributed by atoms with van der Waals surface area (Å²) in [5.74, 6) is -0.241. The zero-order valence-corrected chi connectivity index (χ0v) is 16.7. The number of nitrogens with zero attached hydrogens (tertiary/aromatic N) is 2. The quantitative estimate of drug-likeness (QED) is 0.747. The third-order valence-electron chi connectivity index (χ3n) is 4.88. The van der Waals surface area contributed by atoms with Crippen LogP contribution in [0.5, 0.6) is 0 Å². The molecule has 154 valence electrons. The third kappa shape index (κ3) is 6.89. The average molecular weight is 396 g/mol. The molecule has 1 atom stereocenters. The Kier molecular flexibility index (Phi) is 7.61. The van der Waals surface area contributed by atoms with Crippen LogP contribution in [0.15, 0.2) is 60.7 Å². The highest BCUT2D eigenvalue weighted by Gasteiger charge is 2.25. The Morgan fingerprint density at radius 1 is 0.931 bits per heavy atom. The van der Waals surface area contributed by atoms with Crippen LogP contribution in [0.4, 0.5) is 4.79 Å². The molecule has 0 saturated carbocycles. The molecule has 0 unspecified atom stereocenters. The molecule has 29 heavy (non-hydrogen) atoms. The maximum atomic E-state index is 12.9. The molecule has 7 heteroatoms. The minimum Gasteiger partial charge on any atom is -0.445 e. The number of hydrogen-bond donors (Lipinski definition) is 2. The van der Waals surface area contributed by atoms with Gasteiger partial charge in [-0.1, -0.05) is 60.7 Å². The summed E-state index contributed by atoms with van der Waals surface area (Å²) in [6, 6.07) is 18.4. The number of alkyl carbamates (subject to hydrolysis) is 1. The smallest absolute Gasteiger partial charge is 0.408 e. The Labute approximate surface area is 171 Å². The molecule has 1 aliphatic rings. The zero-order chi connectivity index (χ0) is 20.5. The fraction of sp³-hybridized carbons (Fsp3) is 0.364. The first-order valence-electron chi connectivity index (χ1n) is 9.85. The number of benzene rings is 2. The van der Waals surface area contributed by atoms with E-state index in [2.05, 4.69) is 22.7 Å². The maximum absolute atomic E-state index is 12.9. The molecule has 0 aliphatic carbocycles. The van der Waals surface area contributed by atoms with Crippen molar-refractivity contribution in [3.05, 3.63) is 71.8 Å². The van der Waals surface area contributed by atoms with E-state index in [1.54, 1.807) is 0 Å². The molecular formula is C22H28N4O3. The number of amides is 2. The molecule has 0 bridgehead atoms. The standard InChI is InChI=1S/C22H28N4O3/c1-25-12-14-26(15-13-25)24-21(27)20(16-18-8-4-2-5-9-18)23-22(28)29-17-19-10-6-3-7-11-19/h2-11,20H,12-17H2,1H3,(H,23,28)(H,24,27)/t20-/m0/s1. The molecule has 0 aromatic heterocycles. The lowest BCUT2D eigenvalue weighted by Gasteiger charge is -2.33. The summed E-state index contributed by atoms with van der Waals surface area (Å²) in [5.41, 5.74) is 4.80. The first kappa shape index (κ1) is 20.8. The van der Waals surface area contributed by atoms with Gasteiger partial charge in [0, 0.05) is 32.6 Å². The van der Waals surface area contributed by atoms with Crippen LogP contribution in [0.1, 0.15) is 11.1 Å². The first-order valence-corrected chi connectivity index (χ1v) is 9.85. The van der Waals surface area contributed by atoms with Gasteiger partial charge < -0.3 is 15.0 Å². The third-order valence-corrected chi connectivity index (χ3v) is 4.88. The van der Waals surface area contributed by atoms with Gasteiger partial charge in [-0.3, -0.25) is 10.2 Å². The van der Waals surface area contributed by atoms with E-state index in [0.717, 1.165) is 37.3 Å². The number of likely N-dealkylation sites (N-methyl/N-ethyl adjacent to an activating group) is 1. The van der Waals surface area contributed by atoms with Crippen LogP contribution in [0.3, 0.4) is 0 Å². The molecule has 1 fully saturated rings. The van der Waals surface area contributed by atoms with E-state index in [0.29, 0.717) is 6.42 Å². The summed E-state index contributed by atoms with van der Waals surface area (Å²) in [5, 5.41) is 4.62. The predicted octanol–water partition coefficient (Wildman–Crippen LogP) is 1.80. The van der Waals surface area contributed by atoms with Gasteiger partial charge in [-0.15, -0.1) is 0 Å². The van der Waals surface area contributed by atoms with Crippen LogP contribution < -0.4 is 10.7 Å². The highest BCUT2D eigenvalue weighted by atomic mass is 16.5. The van der Waals surface area contributed by atoms with Crippen molar-refractivity contribution >= 4 is 12.0 Å². The van der Waals surface area contributed by atoms with Gasteiger partial charge in [0.05, 0.1) is 0 Å². The number of carbonyl (C=O) groups is 2. The molecule has 2 aromatic carbocycles. The fourth-order valence-electron chi connectivity index (χ4n) is 3.12. The molecular weight excluding hydrogens is 368 g/mol. The van der Waals surface area contributed by atoms with Gasteiger partial charge in [0.2, 0.25) is 0 Å². The molecule has 7 nitrogen and oxygen atoms in total. The van der Waals surface area contributed by atoms with Crippen molar-refractivity contribution in [1.29, 1.82) is 0 Å². The minimum absolute atomic E-state index is 0.158. The van der Waals surface area contributed by atoms with Crippen molar-refractivity contribution in [2.75, 3.05) is 33.2 Å². The normalized spacial score (nSPS) is 16.0. The minimum atomic E-state index is -0.722. The van der Waals surface area contributed by atoms with Crippen LogP contribution in [0.25, 0.3) is 0 Å². The van der Waals surface area contributed by atoms with Gasteiger partial charge >= 0.3 is 6.09 Å². The van der Waals surface area contributed by atoms with Gasteiger partial charge in [-0.2, -0.15) is 0 Å². The summed E-state index contributed by atoms with van der Waals surface area (Å²) >= 11 is 0. The number of hydrazine groups is 1. The van der Waals surface area contributed by atoms with Crippen LogP contribution in [0.2, 0.25) is 0 Å². The number of nitrogens with one attached hydrogen (secondary N) is 2. The predicted molar refractivity (Wildman–Crippen MR) is 111 cm³/mol. The number of rotatable bonds is 7. The van der Waals surface area contributed by atoms with Gasteiger partial charge in [0.1, 0.15) is 12.6 Å². The summed E-state index contributed by atoms with van der Waals surface area (Å²) in [4.78, 5) is 27.4. The molecule has 3 rings (SSSR count). The van der Waals surface area contributed by atoms with Crippen molar-refractivity contribution in [3.63, 3.8) is 0 Å². The van der Waals surface area contributed by atoms with Crippen LogP contribution in [0, 0.1) is 0 Å². The van der Waals surface area contributed by atoms with Gasteiger partial charge in [-0.05, 0) is 18.2 Å². The average Bonchev–Trinajstić information content (AvgIpc) is 2.75. The number of piperazine rings is 1. The van der Waals surface area contributed by atoms with Gasteiger partial charge in [0.25, 0.3) is 5.91 Å². The second-order valence-electron chi connectivity index (χ2n) is 7.21. The van der Waals surface area contributed by atoms with Crippen LogP contribution in [-0.2, 0) is 22.6 Å². The Morgan fingerprint density at radius 3 is 2.14 bits per heavy atom. The highest BCUT2D eigenvalue weighted by Crippen LogP contribution is 2.06. The van der Waals surface area contributed by atoms with Gasteiger partial charge in [-0.25, -0.2) is 9.80 Å². The topological polar surface area (TPSA) is 73.9 Å². The highest BCUT2D eigenvalue weighted by molar-refractivity contribution is 5.85. The lowest BCUT2D eigenvalue weighted by atomic mass is 10.1. The van der Waals surface area contributed by atoms with Gasteiger partial charge in [0.15, 0.2) is 0 Å². The Morgan fingerprint density at radius 2 is 1.52 bits per heavy atom. The van der Waals surface area contributed by atoms with Crippen LogP contribution >= 0.6 is 0 Å². The second-order valence-corrected chi connectivity index (χ2v) is 7.21. The van der Waals surface area contributed by atoms with E-state index in [9.17, 15) is 9.59 Å². The monoisotopic (exact) mass is 396 g/mol. The number of carbonyl (C=O) groups excluding carboxylic acids is 2. The number of ether oxygens (including phenoxy) is 1. The molecule has 0 spiro atoms. The molecule has 1 heterocycles. The molecule has 0 radical (unpaired) electrons. The summed E-state index contributed by atoms with van der Waals surface area (Å²) in [6.07, 6.45) is -0.218. The lowest BCUT2D eigenvalue weighted by molar-refractivity contribution is -0.128. The first-order chi connectivity index (χ1) is 14.1. The van der Waals surface area contributed by atoms with Crippen molar-refractivity contribution in [1.82, 2.24) is 20.7 Å². The molecule has 1 saturated heterocycles. The van der Waals surface area contributed by atoms with E-state index in [4.69, 9.17) is 4.74 Å². The zero-order valence-electron chi connectivity index (χ0n) is 16.7. The summed E-state index contributed by atoms with van der Waals surface area (Å²) in [6.45, 7) is 3.43. The van der Waals surface area contributed by atoms with E-state index < -0.39 is 12.1 Å². The van der Waals surface area contributed by atoms with E-state index in [1.807, 2.05) is 65.7 Å².